The Morgan fingerprint density at radius 3 is 2.83 bits per heavy atom. The highest BCUT2D eigenvalue weighted by Crippen LogP contribution is 2.04. The van der Waals surface area contributed by atoms with Crippen LogP contribution in [0.1, 0.15) is 22.5 Å². The number of pyridine rings is 1. The molecular formula is C12H16N2O4. The van der Waals surface area contributed by atoms with E-state index in [0.29, 0.717) is 5.56 Å². The van der Waals surface area contributed by atoms with Gasteiger partial charge < -0.3 is 15.2 Å². The lowest BCUT2D eigenvalue weighted by Gasteiger charge is -2.14. The van der Waals surface area contributed by atoms with E-state index in [1.807, 2.05) is 0 Å². The molecule has 0 saturated carbocycles. The fourth-order valence-electron chi connectivity index (χ4n) is 1.44. The highest BCUT2D eigenvalue weighted by atomic mass is 16.5. The van der Waals surface area contributed by atoms with E-state index in [0.717, 1.165) is 0 Å². The van der Waals surface area contributed by atoms with Gasteiger partial charge in [0.25, 0.3) is 5.91 Å². The second-order valence-electron chi connectivity index (χ2n) is 3.81. The highest BCUT2D eigenvalue weighted by molar-refractivity contribution is 5.96. The lowest BCUT2D eigenvalue weighted by molar-refractivity contribution is -0.139. The minimum atomic E-state index is -1.09. The van der Waals surface area contributed by atoms with Crippen molar-refractivity contribution < 1.29 is 19.4 Å². The van der Waals surface area contributed by atoms with Gasteiger partial charge in [-0.05, 0) is 18.6 Å². The molecule has 6 heteroatoms. The van der Waals surface area contributed by atoms with Crippen molar-refractivity contribution in [3.63, 3.8) is 0 Å². The van der Waals surface area contributed by atoms with Gasteiger partial charge in [-0.25, -0.2) is 4.79 Å². The molecule has 0 spiro atoms. The molecule has 0 fully saturated rings. The van der Waals surface area contributed by atoms with Crippen LogP contribution in [0.5, 0.6) is 0 Å². The Labute approximate surface area is 105 Å². The zero-order valence-electron chi connectivity index (χ0n) is 10.3. The molecule has 18 heavy (non-hydrogen) atoms. The van der Waals surface area contributed by atoms with Gasteiger partial charge in [0.05, 0.1) is 0 Å². The molecule has 1 aromatic heterocycles. The number of hydrogen-bond acceptors (Lipinski definition) is 4. The van der Waals surface area contributed by atoms with Crippen molar-refractivity contribution in [3.8, 4) is 0 Å². The van der Waals surface area contributed by atoms with Gasteiger partial charge >= 0.3 is 5.97 Å². The molecule has 2 N–H and O–H groups in total. The Bertz CT molecular complexity index is 434. The smallest absolute Gasteiger partial charge is 0.326 e. The molecule has 98 valence electrons. The molecule has 0 aliphatic rings. The van der Waals surface area contributed by atoms with Gasteiger partial charge in [0.2, 0.25) is 0 Å². The summed E-state index contributed by atoms with van der Waals surface area (Å²) in [5.74, 6) is -1.58. The number of carbonyl (C=O) groups excluding carboxylic acids is 1. The predicted octanol–water partition coefficient (Wildman–Crippen LogP) is 0.610. The number of methoxy groups -OCH3 is 1. The van der Waals surface area contributed by atoms with Gasteiger partial charge in [0, 0.05) is 26.3 Å². The Kier molecular flexibility index (Phi) is 5.26. The first-order valence-corrected chi connectivity index (χ1v) is 5.50. The number of hydrogen-bond donors (Lipinski definition) is 2. The molecule has 0 radical (unpaired) electrons. The third-order valence-electron chi connectivity index (χ3n) is 2.44. The first-order chi connectivity index (χ1) is 8.56. The number of aryl methyl sites for hydroxylation is 1. The summed E-state index contributed by atoms with van der Waals surface area (Å²) in [6, 6.07) is 2.48. The summed E-state index contributed by atoms with van der Waals surface area (Å²) in [7, 11) is 1.48. The number of aliphatic carboxylic acids is 1. The van der Waals surface area contributed by atoms with Gasteiger partial charge in [-0.15, -0.1) is 0 Å². The second kappa shape index (κ2) is 6.70. The molecular weight excluding hydrogens is 236 g/mol. The maximum Gasteiger partial charge on any atom is 0.326 e. The van der Waals surface area contributed by atoms with E-state index in [2.05, 4.69) is 10.3 Å². The standard InChI is InChI=1S/C12H16N2O4/c1-8-4-3-6-13-10(8)11(15)14-9(12(16)17)5-7-18-2/h3-4,6,9H,5,7H2,1-2H3,(H,14,15)(H,16,17). The van der Waals surface area contributed by atoms with Gasteiger partial charge in [0.15, 0.2) is 0 Å². The van der Waals surface area contributed by atoms with Gasteiger partial charge in [-0.1, -0.05) is 6.07 Å². The lowest BCUT2D eigenvalue weighted by Crippen LogP contribution is -2.42. The Hall–Kier alpha value is -1.95. The van der Waals surface area contributed by atoms with Gasteiger partial charge in [-0.2, -0.15) is 0 Å². The second-order valence-corrected chi connectivity index (χ2v) is 3.81. The van der Waals surface area contributed by atoms with Crippen molar-refractivity contribution >= 4 is 11.9 Å². The normalized spacial score (nSPS) is 11.9. The quantitative estimate of drug-likeness (QED) is 0.774. The molecule has 0 aliphatic carbocycles. The fraction of sp³-hybridized carbons (Fsp3) is 0.417. The molecule has 0 bridgehead atoms. The summed E-state index contributed by atoms with van der Waals surface area (Å²) in [4.78, 5) is 26.8. The number of amides is 1. The molecule has 1 atom stereocenters. The molecule has 1 amide bonds. The van der Waals surface area contributed by atoms with Crippen LogP contribution in [0.4, 0.5) is 0 Å². The summed E-state index contributed by atoms with van der Waals surface area (Å²) < 4.78 is 4.80. The van der Waals surface area contributed by atoms with Crippen molar-refractivity contribution in [3.05, 3.63) is 29.6 Å². The van der Waals surface area contributed by atoms with Gasteiger partial charge in [0.1, 0.15) is 11.7 Å². The molecule has 0 aromatic carbocycles. The van der Waals surface area contributed by atoms with E-state index in [1.165, 1.54) is 13.3 Å². The average molecular weight is 252 g/mol. The number of rotatable bonds is 6. The fourth-order valence-corrected chi connectivity index (χ4v) is 1.44. The zero-order valence-corrected chi connectivity index (χ0v) is 10.3. The van der Waals surface area contributed by atoms with Crippen LogP contribution in [0.25, 0.3) is 0 Å². The number of carboxylic acids is 1. The number of carboxylic acid groups (broad SMARTS) is 1. The van der Waals surface area contributed by atoms with E-state index in [9.17, 15) is 9.59 Å². The van der Waals surface area contributed by atoms with Crippen LogP contribution >= 0.6 is 0 Å². The van der Waals surface area contributed by atoms with E-state index in [4.69, 9.17) is 9.84 Å². The van der Waals surface area contributed by atoms with Crippen LogP contribution < -0.4 is 5.32 Å². The predicted molar refractivity (Wildman–Crippen MR) is 64.4 cm³/mol. The summed E-state index contributed by atoms with van der Waals surface area (Å²) in [6.07, 6.45) is 1.70. The number of carbonyl (C=O) groups is 2. The Morgan fingerprint density at radius 2 is 2.28 bits per heavy atom. The van der Waals surface area contributed by atoms with Crippen molar-refractivity contribution in [2.75, 3.05) is 13.7 Å². The van der Waals surface area contributed by atoms with Crippen LogP contribution in [0.2, 0.25) is 0 Å². The summed E-state index contributed by atoms with van der Waals surface area (Å²) in [5.41, 5.74) is 0.937. The third kappa shape index (κ3) is 3.81. The third-order valence-corrected chi connectivity index (χ3v) is 2.44. The van der Waals surface area contributed by atoms with E-state index in [-0.39, 0.29) is 18.7 Å². The van der Waals surface area contributed by atoms with Crippen LogP contribution in [-0.2, 0) is 9.53 Å². The first-order valence-electron chi connectivity index (χ1n) is 5.50. The summed E-state index contributed by atoms with van der Waals surface area (Å²) in [5, 5.41) is 11.4. The minimum absolute atomic E-state index is 0.212. The highest BCUT2D eigenvalue weighted by Gasteiger charge is 2.21. The average Bonchev–Trinajstić information content (AvgIpc) is 2.34. The van der Waals surface area contributed by atoms with Crippen LogP contribution in [0, 0.1) is 6.92 Å². The molecule has 1 rings (SSSR count). The van der Waals surface area contributed by atoms with Crippen LogP contribution in [0.15, 0.2) is 18.3 Å². The van der Waals surface area contributed by atoms with Crippen molar-refractivity contribution in [2.45, 2.75) is 19.4 Å². The first kappa shape index (κ1) is 14.1. The maximum absolute atomic E-state index is 11.9. The van der Waals surface area contributed by atoms with Crippen molar-refractivity contribution in [1.29, 1.82) is 0 Å². The number of ether oxygens (including phenoxy) is 1. The number of aromatic nitrogens is 1. The van der Waals surface area contributed by atoms with Crippen molar-refractivity contribution in [2.24, 2.45) is 0 Å². The van der Waals surface area contributed by atoms with Gasteiger partial charge in [-0.3, -0.25) is 9.78 Å². The Morgan fingerprint density at radius 1 is 1.56 bits per heavy atom. The molecule has 1 heterocycles. The molecule has 6 nitrogen and oxygen atoms in total. The minimum Gasteiger partial charge on any atom is -0.480 e. The van der Waals surface area contributed by atoms with Crippen LogP contribution in [-0.4, -0.2) is 41.7 Å². The maximum atomic E-state index is 11.9. The summed E-state index contributed by atoms with van der Waals surface area (Å²) in [6.45, 7) is 2.01. The molecule has 1 unspecified atom stereocenters. The van der Waals surface area contributed by atoms with E-state index in [1.54, 1.807) is 19.1 Å². The van der Waals surface area contributed by atoms with Crippen molar-refractivity contribution in [1.82, 2.24) is 10.3 Å². The van der Waals surface area contributed by atoms with E-state index < -0.39 is 17.9 Å². The largest absolute Gasteiger partial charge is 0.480 e. The topological polar surface area (TPSA) is 88.5 Å². The Balaban J connectivity index is 2.72. The zero-order chi connectivity index (χ0) is 13.5. The number of nitrogens with one attached hydrogen (secondary N) is 1. The summed E-state index contributed by atoms with van der Waals surface area (Å²) >= 11 is 0. The monoisotopic (exact) mass is 252 g/mol. The lowest BCUT2D eigenvalue weighted by atomic mass is 10.1. The molecule has 1 aromatic rings. The molecule has 0 saturated heterocycles. The van der Waals surface area contributed by atoms with Crippen LogP contribution in [0.3, 0.4) is 0 Å². The number of nitrogens with zero attached hydrogens (tertiary/aromatic N) is 1. The molecule has 0 aliphatic heterocycles. The SMILES string of the molecule is COCCC(NC(=O)c1ncccc1C)C(=O)O. The van der Waals surface area contributed by atoms with E-state index >= 15 is 0 Å².